The maximum absolute atomic E-state index is 12.1. The normalized spacial score (nSPS) is 20.9. The standard InChI is InChI=1S/C18H19NO3/c20-17(22-13-15-7-3-1-4-8-15)19-12-11-18(21,14-19)16-9-5-2-6-10-16/h1-10,21H,11-14H2. The van der Waals surface area contributed by atoms with Gasteiger partial charge in [-0.25, -0.2) is 4.79 Å². The highest BCUT2D eigenvalue weighted by Gasteiger charge is 2.40. The van der Waals surface area contributed by atoms with Crippen molar-refractivity contribution in [1.82, 2.24) is 4.90 Å². The van der Waals surface area contributed by atoms with Gasteiger partial charge < -0.3 is 14.7 Å². The lowest BCUT2D eigenvalue weighted by atomic mass is 9.93. The number of likely N-dealkylation sites (tertiary alicyclic amines) is 1. The van der Waals surface area contributed by atoms with Crippen molar-refractivity contribution in [2.75, 3.05) is 13.1 Å². The summed E-state index contributed by atoms with van der Waals surface area (Å²) in [5.41, 5.74) is 0.814. The minimum atomic E-state index is -0.979. The fourth-order valence-electron chi connectivity index (χ4n) is 2.74. The zero-order chi connectivity index (χ0) is 15.4. The number of nitrogens with zero attached hydrogens (tertiary/aromatic N) is 1. The molecule has 1 aliphatic rings. The molecule has 22 heavy (non-hydrogen) atoms. The van der Waals surface area contributed by atoms with Gasteiger partial charge in [0.05, 0.1) is 6.54 Å². The average molecular weight is 297 g/mol. The fourth-order valence-corrected chi connectivity index (χ4v) is 2.74. The Kier molecular flexibility index (Phi) is 4.11. The molecule has 2 aromatic rings. The molecule has 4 heteroatoms. The predicted molar refractivity (Wildman–Crippen MR) is 83.2 cm³/mol. The minimum absolute atomic E-state index is 0.250. The van der Waals surface area contributed by atoms with Crippen molar-refractivity contribution in [1.29, 1.82) is 0 Å². The molecule has 1 aliphatic heterocycles. The van der Waals surface area contributed by atoms with E-state index >= 15 is 0 Å². The van der Waals surface area contributed by atoms with E-state index in [1.807, 2.05) is 60.7 Å². The summed E-state index contributed by atoms with van der Waals surface area (Å²) in [4.78, 5) is 13.7. The molecule has 0 bridgehead atoms. The molecule has 0 saturated carbocycles. The highest BCUT2D eigenvalue weighted by atomic mass is 16.6. The molecule has 0 aliphatic carbocycles. The lowest BCUT2D eigenvalue weighted by Gasteiger charge is -2.23. The number of hydrogen-bond donors (Lipinski definition) is 1. The quantitative estimate of drug-likeness (QED) is 0.947. The van der Waals surface area contributed by atoms with Gasteiger partial charge in [0.15, 0.2) is 0 Å². The predicted octanol–water partition coefficient (Wildman–Crippen LogP) is 2.92. The molecule has 0 radical (unpaired) electrons. The summed E-state index contributed by atoms with van der Waals surface area (Å²) in [6, 6.07) is 19.0. The minimum Gasteiger partial charge on any atom is -0.445 e. The summed E-state index contributed by atoms with van der Waals surface area (Å²) >= 11 is 0. The van der Waals surface area contributed by atoms with Crippen LogP contribution in [0.1, 0.15) is 17.5 Å². The first kappa shape index (κ1) is 14.6. The molecule has 0 aromatic heterocycles. The molecule has 0 spiro atoms. The van der Waals surface area contributed by atoms with E-state index in [-0.39, 0.29) is 19.2 Å². The van der Waals surface area contributed by atoms with Gasteiger partial charge in [-0.1, -0.05) is 60.7 Å². The van der Waals surface area contributed by atoms with Crippen LogP contribution in [-0.2, 0) is 16.9 Å². The largest absolute Gasteiger partial charge is 0.445 e. The number of carbonyl (C=O) groups is 1. The van der Waals surface area contributed by atoms with E-state index < -0.39 is 5.60 Å². The molecule has 4 nitrogen and oxygen atoms in total. The van der Waals surface area contributed by atoms with Crippen LogP contribution in [0.2, 0.25) is 0 Å². The summed E-state index contributed by atoms with van der Waals surface area (Å²) in [6.45, 7) is 1.02. The molecule has 1 saturated heterocycles. The van der Waals surface area contributed by atoms with Crippen molar-refractivity contribution >= 4 is 6.09 Å². The first-order valence-corrected chi connectivity index (χ1v) is 7.41. The van der Waals surface area contributed by atoms with Crippen LogP contribution in [0.15, 0.2) is 60.7 Å². The lowest BCUT2D eigenvalue weighted by molar-refractivity contribution is 0.0407. The molecular formula is C18H19NO3. The Labute approximate surface area is 130 Å². The summed E-state index contributed by atoms with van der Waals surface area (Å²) in [5, 5.41) is 10.7. The second-order valence-electron chi connectivity index (χ2n) is 5.61. The average Bonchev–Trinajstić information content (AvgIpc) is 2.98. The smallest absolute Gasteiger partial charge is 0.410 e. The van der Waals surface area contributed by atoms with Gasteiger partial charge in [-0.05, 0) is 17.5 Å². The van der Waals surface area contributed by atoms with Gasteiger partial charge in [-0.2, -0.15) is 0 Å². The fraction of sp³-hybridized carbons (Fsp3) is 0.278. The third-order valence-electron chi connectivity index (χ3n) is 4.02. The molecule has 1 heterocycles. The topological polar surface area (TPSA) is 49.8 Å². The zero-order valence-corrected chi connectivity index (χ0v) is 12.3. The van der Waals surface area contributed by atoms with Crippen LogP contribution in [0, 0.1) is 0 Å². The van der Waals surface area contributed by atoms with Crippen molar-refractivity contribution in [2.24, 2.45) is 0 Å². The van der Waals surface area contributed by atoms with Crippen molar-refractivity contribution in [3.63, 3.8) is 0 Å². The number of carbonyl (C=O) groups excluding carboxylic acids is 1. The van der Waals surface area contributed by atoms with Gasteiger partial charge in [0.1, 0.15) is 12.2 Å². The monoisotopic (exact) mass is 297 g/mol. The Bertz CT molecular complexity index is 629. The van der Waals surface area contributed by atoms with Crippen LogP contribution in [0.25, 0.3) is 0 Å². The van der Waals surface area contributed by atoms with Crippen molar-refractivity contribution in [2.45, 2.75) is 18.6 Å². The first-order chi connectivity index (χ1) is 10.7. The molecule has 1 fully saturated rings. The highest BCUT2D eigenvalue weighted by Crippen LogP contribution is 2.32. The number of benzene rings is 2. The highest BCUT2D eigenvalue weighted by molar-refractivity contribution is 5.68. The first-order valence-electron chi connectivity index (χ1n) is 7.41. The maximum Gasteiger partial charge on any atom is 0.410 e. The summed E-state index contributed by atoms with van der Waals surface area (Å²) < 4.78 is 5.32. The zero-order valence-electron chi connectivity index (χ0n) is 12.3. The second kappa shape index (κ2) is 6.20. The van der Waals surface area contributed by atoms with E-state index in [1.54, 1.807) is 4.90 Å². The van der Waals surface area contributed by atoms with Gasteiger partial charge in [0.25, 0.3) is 0 Å². The lowest BCUT2D eigenvalue weighted by Crippen LogP contribution is -2.34. The number of amides is 1. The molecule has 1 N–H and O–H groups in total. The second-order valence-corrected chi connectivity index (χ2v) is 5.61. The van der Waals surface area contributed by atoms with Crippen LogP contribution in [0.4, 0.5) is 4.79 Å². The maximum atomic E-state index is 12.1. The summed E-state index contributed by atoms with van der Waals surface area (Å²) in [5.74, 6) is 0. The van der Waals surface area contributed by atoms with Gasteiger partial charge in [-0.15, -0.1) is 0 Å². The molecule has 2 aromatic carbocycles. The van der Waals surface area contributed by atoms with Crippen LogP contribution < -0.4 is 0 Å². The van der Waals surface area contributed by atoms with E-state index in [0.29, 0.717) is 13.0 Å². The Morgan fingerprint density at radius 2 is 1.73 bits per heavy atom. The Balaban J connectivity index is 1.59. The molecule has 1 unspecified atom stereocenters. The van der Waals surface area contributed by atoms with E-state index in [1.165, 1.54) is 0 Å². The van der Waals surface area contributed by atoms with Gasteiger partial charge >= 0.3 is 6.09 Å². The van der Waals surface area contributed by atoms with E-state index in [4.69, 9.17) is 4.74 Å². The Hall–Kier alpha value is -2.33. The summed E-state index contributed by atoms with van der Waals surface area (Å²) in [7, 11) is 0. The third kappa shape index (κ3) is 3.12. The number of ether oxygens (including phenoxy) is 1. The third-order valence-corrected chi connectivity index (χ3v) is 4.02. The van der Waals surface area contributed by atoms with E-state index in [0.717, 1.165) is 11.1 Å². The summed E-state index contributed by atoms with van der Waals surface area (Å²) in [6.07, 6.45) is 0.146. The number of hydrogen-bond acceptors (Lipinski definition) is 3. The van der Waals surface area contributed by atoms with E-state index in [9.17, 15) is 9.90 Å². The molecule has 114 valence electrons. The van der Waals surface area contributed by atoms with E-state index in [2.05, 4.69) is 0 Å². The molecule has 3 rings (SSSR count). The van der Waals surface area contributed by atoms with Gasteiger partial charge in [0.2, 0.25) is 0 Å². The van der Waals surface area contributed by atoms with Gasteiger partial charge in [0, 0.05) is 6.54 Å². The van der Waals surface area contributed by atoms with Crippen molar-refractivity contribution < 1.29 is 14.6 Å². The number of aliphatic hydroxyl groups is 1. The Morgan fingerprint density at radius 1 is 1.09 bits per heavy atom. The van der Waals surface area contributed by atoms with Crippen LogP contribution in [0.3, 0.4) is 0 Å². The molecule has 1 amide bonds. The number of β-amino-alcohol motifs (C(OH)–C–C–N with tert-alkyl or cyclic N) is 1. The van der Waals surface area contributed by atoms with Gasteiger partial charge in [-0.3, -0.25) is 0 Å². The van der Waals surface area contributed by atoms with Crippen LogP contribution >= 0.6 is 0 Å². The van der Waals surface area contributed by atoms with Crippen LogP contribution in [0.5, 0.6) is 0 Å². The molecule has 1 atom stereocenters. The molecular weight excluding hydrogens is 278 g/mol. The van der Waals surface area contributed by atoms with Crippen molar-refractivity contribution in [3.8, 4) is 0 Å². The Morgan fingerprint density at radius 3 is 2.41 bits per heavy atom. The number of rotatable bonds is 3. The van der Waals surface area contributed by atoms with Crippen LogP contribution in [-0.4, -0.2) is 29.2 Å². The van der Waals surface area contributed by atoms with Crippen molar-refractivity contribution in [3.05, 3.63) is 71.8 Å². The SMILES string of the molecule is O=C(OCc1ccccc1)N1CCC(O)(c2ccccc2)C1.